The van der Waals surface area contributed by atoms with Gasteiger partial charge in [0.15, 0.2) is 5.11 Å². The van der Waals surface area contributed by atoms with Gasteiger partial charge >= 0.3 is 0 Å². The SMILES string of the molecule is CC(=O)Nc1ccc2c(c1)/C(=N/NC(N)=S)CCS2. The third-order valence-corrected chi connectivity index (χ3v) is 3.67. The topological polar surface area (TPSA) is 79.5 Å². The number of carbonyl (C=O) groups is 1. The Labute approximate surface area is 121 Å². The summed E-state index contributed by atoms with van der Waals surface area (Å²) < 4.78 is 0. The molecule has 5 nitrogen and oxygen atoms in total. The van der Waals surface area contributed by atoms with Crippen LogP contribution in [0.15, 0.2) is 28.2 Å². The van der Waals surface area contributed by atoms with Crippen molar-refractivity contribution in [3.8, 4) is 0 Å². The molecule has 0 spiro atoms. The van der Waals surface area contributed by atoms with Gasteiger partial charge in [0.05, 0.1) is 5.71 Å². The van der Waals surface area contributed by atoms with Gasteiger partial charge in [0.1, 0.15) is 0 Å². The van der Waals surface area contributed by atoms with E-state index in [1.54, 1.807) is 11.8 Å². The highest BCUT2D eigenvalue weighted by atomic mass is 32.2. The molecule has 0 radical (unpaired) electrons. The number of nitrogens with one attached hydrogen (secondary N) is 2. The van der Waals surface area contributed by atoms with Crippen LogP contribution in [0.25, 0.3) is 0 Å². The molecule has 1 aliphatic heterocycles. The molecule has 0 aromatic heterocycles. The number of nitrogens with zero attached hydrogens (tertiary/aromatic N) is 1. The number of thiocarbonyl (C=S) groups is 1. The minimum absolute atomic E-state index is 0.0943. The van der Waals surface area contributed by atoms with Gasteiger partial charge in [0, 0.05) is 35.2 Å². The largest absolute Gasteiger partial charge is 0.375 e. The zero-order chi connectivity index (χ0) is 13.8. The van der Waals surface area contributed by atoms with E-state index in [9.17, 15) is 4.79 Å². The fraction of sp³-hybridized carbons (Fsp3) is 0.250. The van der Waals surface area contributed by atoms with Crippen LogP contribution in [0.1, 0.15) is 18.9 Å². The summed E-state index contributed by atoms with van der Waals surface area (Å²) in [6.07, 6.45) is 0.830. The van der Waals surface area contributed by atoms with Gasteiger partial charge in [-0.1, -0.05) is 0 Å². The fourth-order valence-electron chi connectivity index (χ4n) is 1.79. The number of anilines is 1. The zero-order valence-electron chi connectivity index (χ0n) is 10.4. The Morgan fingerprint density at radius 3 is 3.00 bits per heavy atom. The summed E-state index contributed by atoms with van der Waals surface area (Å²) in [5.74, 6) is 0.868. The minimum atomic E-state index is -0.0943. The number of carbonyl (C=O) groups excluding carboxylic acids is 1. The van der Waals surface area contributed by atoms with Gasteiger partial charge in [-0.2, -0.15) is 5.10 Å². The Morgan fingerprint density at radius 2 is 2.32 bits per heavy atom. The summed E-state index contributed by atoms with van der Waals surface area (Å²) in [7, 11) is 0. The number of hydrogen-bond donors (Lipinski definition) is 3. The first-order chi connectivity index (χ1) is 9.06. The number of thioether (sulfide) groups is 1. The van der Waals surface area contributed by atoms with Crippen LogP contribution in [-0.2, 0) is 4.79 Å². The highest BCUT2D eigenvalue weighted by Gasteiger charge is 2.17. The standard InChI is InChI=1S/C12H14N4OS2/c1-7(17)14-8-2-3-11-9(6-8)10(4-5-19-11)15-16-12(13)18/h2-3,6H,4-5H2,1H3,(H,14,17)(H3,13,16,18)/b15-10+. The molecule has 0 unspecified atom stereocenters. The van der Waals surface area contributed by atoms with Gasteiger partial charge in [-0.05, 0) is 30.4 Å². The molecule has 4 N–H and O–H groups in total. The Kier molecular flexibility index (Phi) is 4.39. The monoisotopic (exact) mass is 294 g/mol. The maximum atomic E-state index is 11.1. The second-order valence-electron chi connectivity index (χ2n) is 4.03. The van der Waals surface area contributed by atoms with Gasteiger partial charge in [0.2, 0.25) is 5.91 Å². The predicted octanol–water partition coefficient (Wildman–Crippen LogP) is 1.68. The molecule has 0 atom stereocenters. The molecule has 0 aliphatic carbocycles. The first-order valence-corrected chi connectivity index (χ1v) is 7.12. The summed E-state index contributed by atoms with van der Waals surface area (Å²) in [5.41, 5.74) is 10.7. The third-order valence-electron chi connectivity index (χ3n) is 2.51. The lowest BCUT2D eigenvalue weighted by Crippen LogP contribution is -2.26. The van der Waals surface area contributed by atoms with Crippen LogP contribution in [0.3, 0.4) is 0 Å². The lowest BCUT2D eigenvalue weighted by molar-refractivity contribution is -0.114. The number of nitrogens with two attached hydrogens (primary N) is 1. The van der Waals surface area contributed by atoms with Crippen LogP contribution < -0.4 is 16.5 Å². The maximum Gasteiger partial charge on any atom is 0.221 e. The summed E-state index contributed by atoms with van der Waals surface area (Å²) >= 11 is 6.51. The number of benzene rings is 1. The van der Waals surface area contributed by atoms with Crippen molar-refractivity contribution in [2.75, 3.05) is 11.1 Å². The van der Waals surface area contributed by atoms with Crippen LogP contribution in [0.5, 0.6) is 0 Å². The van der Waals surface area contributed by atoms with E-state index in [1.807, 2.05) is 18.2 Å². The number of rotatable bonds is 2. The molecule has 7 heteroatoms. The van der Waals surface area contributed by atoms with Crippen molar-refractivity contribution < 1.29 is 4.79 Å². The zero-order valence-corrected chi connectivity index (χ0v) is 12.0. The van der Waals surface area contributed by atoms with E-state index in [0.29, 0.717) is 0 Å². The number of hydrazone groups is 1. The van der Waals surface area contributed by atoms with Gasteiger partial charge in [-0.25, -0.2) is 0 Å². The first kappa shape index (κ1) is 13.8. The molecule has 0 saturated carbocycles. The van der Waals surface area contributed by atoms with Crippen LogP contribution in [-0.4, -0.2) is 22.5 Å². The van der Waals surface area contributed by atoms with Crippen molar-refractivity contribution in [2.45, 2.75) is 18.2 Å². The van der Waals surface area contributed by atoms with Crippen molar-refractivity contribution in [2.24, 2.45) is 10.8 Å². The lowest BCUT2D eigenvalue weighted by atomic mass is 10.1. The van der Waals surface area contributed by atoms with E-state index >= 15 is 0 Å². The average Bonchev–Trinajstić information content (AvgIpc) is 2.35. The summed E-state index contributed by atoms with van der Waals surface area (Å²) in [6.45, 7) is 1.48. The maximum absolute atomic E-state index is 11.1. The molecule has 2 rings (SSSR count). The molecular formula is C12H14N4OS2. The fourth-order valence-corrected chi connectivity index (χ4v) is 2.85. The van der Waals surface area contributed by atoms with E-state index in [1.165, 1.54) is 6.92 Å². The molecular weight excluding hydrogens is 280 g/mol. The van der Waals surface area contributed by atoms with E-state index in [2.05, 4.69) is 15.8 Å². The van der Waals surface area contributed by atoms with Crippen LogP contribution in [0.2, 0.25) is 0 Å². The van der Waals surface area contributed by atoms with E-state index in [0.717, 1.165) is 34.0 Å². The van der Waals surface area contributed by atoms with Crippen LogP contribution in [0.4, 0.5) is 5.69 Å². The van der Waals surface area contributed by atoms with Gasteiger partial charge in [0.25, 0.3) is 0 Å². The molecule has 0 saturated heterocycles. The average molecular weight is 294 g/mol. The van der Waals surface area contributed by atoms with Gasteiger partial charge in [-0.15, -0.1) is 11.8 Å². The predicted molar refractivity (Wildman–Crippen MR) is 82.5 cm³/mol. The Hall–Kier alpha value is -1.60. The van der Waals surface area contributed by atoms with E-state index in [-0.39, 0.29) is 11.0 Å². The molecule has 1 aromatic carbocycles. The third kappa shape index (κ3) is 3.68. The molecule has 0 fully saturated rings. The van der Waals surface area contributed by atoms with E-state index in [4.69, 9.17) is 18.0 Å². The number of hydrogen-bond acceptors (Lipinski definition) is 4. The molecule has 1 aliphatic rings. The summed E-state index contributed by atoms with van der Waals surface area (Å²) in [4.78, 5) is 12.2. The summed E-state index contributed by atoms with van der Waals surface area (Å²) in [6, 6.07) is 5.79. The van der Waals surface area contributed by atoms with Crippen LogP contribution in [0, 0.1) is 0 Å². The highest BCUT2D eigenvalue weighted by Crippen LogP contribution is 2.32. The Morgan fingerprint density at radius 1 is 1.53 bits per heavy atom. The second-order valence-corrected chi connectivity index (χ2v) is 5.60. The van der Waals surface area contributed by atoms with Gasteiger partial charge < -0.3 is 11.1 Å². The van der Waals surface area contributed by atoms with E-state index < -0.39 is 0 Å². The molecule has 1 heterocycles. The summed E-state index contributed by atoms with van der Waals surface area (Å²) in [5, 5.41) is 7.13. The molecule has 19 heavy (non-hydrogen) atoms. The molecule has 100 valence electrons. The van der Waals surface area contributed by atoms with Crippen molar-refractivity contribution >= 4 is 46.4 Å². The lowest BCUT2D eigenvalue weighted by Gasteiger charge is -2.18. The quantitative estimate of drug-likeness (QED) is 0.571. The number of amides is 1. The molecule has 1 amide bonds. The first-order valence-electron chi connectivity index (χ1n) is 5.73. The van der Waals surface area contributed by atoms with Crippen molar-refractivity contribution in [1.29, 1.82) is 0 Å². The Bertz CT molecular complexity index is 557. The molecule has 0 bridgehead atoms. The number of fused-ring (bicyclic) bond motifs is 1. The van der Waals surface area contributed by atoms with Gasteiger partial charge in [-0.3, -0.25) is 10.2 Å². The molecule has 1 aromatic rings. The Balaban J connectivity index is 2.32. The normalized spacial score (nSPS) is 15.7. The van der Waals surface area contributed by atoms with Crippen molar-refractivity contribution in [3.63, 3.8) is 0 Å². The van der Waals surface area contributed by atoms with Crippen molar-refractivity contribution in [3.05, 3.63) is 23.8 Å². The van der Waals surface area contributed by atoms with Crippen LogP contribution >= 0.6 is 24.0 Å². The highest BCUT2D eigenvalue weighted by molar-refractivity contribution is 7.99. The second kappa shape index (κ2) is 6.03. The van der Waals surface area contributed by atoms with Crippen molar-refractivity contribution in [1.82, 2.24) is 5.43 Å². The minimum Gasteiger partial charge on any atom is -0.375 e. The smallest absolute Gasteiger partial charge is 0.221 e.